The number of benzene rings is 8. The Kier molecular flexibility index (Phi) is 26.8. The van der Waals surface area contributed by atoms with Gasteiger partial charge in [-0.2, -0.15) is 0 Å². The van der Waals surface area contributed by atoms with E-state index in [0.717, 1.165) is 119 Å². The number of aliphatic hydroxyl groups excluding tert-OH is 6. The molecule has 0 saturated carbocycles. The normalized spacial score (nSPS) is 18.5. The van der Waals surface area contributed by atoms with Crippen molar-refractivity contribution in [2.24, 2.45) is 0 Å². The molecule has 8 aromatic carbocycles. The molecule has 6 heterocycles. The first kappa shape index (κ1) is 78.4. The minimum atomic E-state index is -0.206. The number of fused-ring (bicyclic) bond motifs is 10. The quantitative estimate of drug-likeness (QED) is 0.0513. The molecule has 0 bridgehead atoms. The lowest BCUT2D eigenvalue weighted by molar-refractivity contribution is -0.577. The van der Waals surface area contributed by atoms with Crippen molar-refractivity contribution < 1.29 is 86.9 Å². The summed E-state index contributed by atoms with van der Waals surface area (Å²) in [5.74, 6) is 1.69. The summed E-state index contributed by atoms with van der Waals surface area (Å²) in [4.78, 5) is 16.5. The number of phenolic OH excluding ortho intramolecular Hbond substituents is 2. The van der Waals surface area contributed by atoms with Gasteiger partial charge in [-0.15, -0.1) is 0 Å². The van der Waals surface area contributed by atoms with Crippen LogP contribution in [0.25, 0.3) is 0 Å². The van der Waals surface area contributed by atoms with E-state index in [1.807, 2.05) is 84.6 Å². The third-order valence-corrected chi connectivity index (χ3v) is 21.0. The van der Waals surface area contributed by atoms with E-state index in [0.29, 0.717) is 60.1 Å². The van der Waals surface area contributed by atoms with Crippen molar-refractivity contribution in [2.75, 3.05) is 40.4 Å². The van der Waals surface area contributed by atoms with Crippen molar-refractivity contribution in [1.29, 1.82) is 0 Å². The van der Waals surface area contributed by atoms with Crippen LogP contribution in [0.4, 0.5) is 0 Å². The second-order valence-electron chi connectivity index (χ2n) is 26.4. The van der Waals surface area contributed by atoms with Crippen LogP contribution < -0.4 is 21.9 Å². The van der Waals surface area contributed by atoms with Crippen LogP contribution in [0.1, 0.15) is 184 Å². The highest BCUT2D eigenvalue weighted by atomic mass is 35.5. The first-order valence-corrected chi connectivity index (χ1v) is 34.1. The van der Waals surface area contributed by atoms with E-state index in [1.165, 1.54) is 50.2 Å². The highest BCUT2D eigenvalue weighted by Crippen LogP contribution is 2.47. The van der Waals surface area contributed by atoms with Crippen LogP contribution in [0, 0.1) is 0 Å². The molecule has 8 aromatic rings. The molecule has 5 unspecified atom stereocenters. The topological polar surface area (TPSA) is 250 Å². The average molecular weight is 1420 g/mol. The minimum absolute atomic E-state index is 0. The summed E-state index contributed by atoms with van der Waals surface area (Å²) in [6.45, 7) is 11.1. The maximum Gasteiger partial charge on any atom is 0.242 e. The van der Waals surface area contributed by atoms with Crippen molar-refractivity contribution in [3.8, 4) is 34.5 Å². The number of amides is 1. The molecule has 101 heavy (non-hydrogen) atoms. The number of ether oxygens (including phenoxy) is 2. The van der Waals surface area contributed by atoms with Gasteiger partial charge in [0, 0.05) is 99.4 Å². The SMILES string of the molecule is C.C.CC(=O)N1CCc2cc(CO)ccc2C1Cc1ccc(CO)c(O)c1.CC(Cl)=[N+]1CCc2cc(CO)ccc2C1Cc1ccc(CO)c(O)c1.COc1cc2c(cc1O)CC1c3ccc(CO)cc3CCN1C2C.COc1cc2c(cc1O)CC1c3ccc(CO)cc3CC[N+]1=C2C.[Cl-]. The number of halogens is 2. The van der Waals surface area contributed by atoms with Crippen molar-refractivity contribution >= 4 is 28.4 Å². The van der Waals surface area contributed by atoms with Crippen LogP contribution in [-0.4, -0.2) is 127 Å². The molecule has 6 aliphatic rings. The van der Waals surface area contributed by atoms with Gasteiger partial charge >= 0.3 is 0 Å². The number of phenols is 4. The van der Waals surface area contributed by atoms with Crippen LogP contribution in [-0.2, 0) is 95.8 Å². The maximum absolute atomic E-state index is 12.1. The molecule has 0 radical (unpaired) electrons. The van der Waals surface area contributed by atoms with E-state index in [-0.39, 0.29) is 108 Å². The molecule has 0 fully saturated rings. The van der Waals surface area contributed by atoms with Gasteiger partial charge in [-0.05, 0) is 164 Å². The lowest BCUT2D eigenvalue weighted by Gasteiger charge is -2.45. The molecular weight excluding hydrogens is 1320 g/mol. The van der Waals surface area contributed by atoms with Crippen LogP contribution >= 0.6 is 11.6 Å². The van der Waals surface area contributed by atoms with Gasteiger partial charge in [0.1, 0.15) is 24.6 Å². The molecule has 10 N–H and O–H groups in total. The Morgan fingerprint density at radius 2 is 0.980 bits per heavy atom. The summed E-state index contributed by atoms with van der Waals surface area (Å²) in [6, 6.07) is 43.7. The summed E-state index contributed by atoms with van der Waals surface area (Å²) in [7, 11) is 3.17. The largest absolute Gasteiger partial charge is 1.00 e. The number of methoxy groups -OCH3 is 2. The second-order valence-corrected chi connectivity index (χ2v) is 26.9. The zero-order valence-corrected chi connectivity index (χ0v) is 58.6. The summed E-state index contributed by atoms with van der Waals surface area (Å²) in [6.07, 6.45) is 6.71. The Morgan fingerprint density at radius 3 is 1.51 bits per heavy atom. The van der Waals surface area contributed by atoms with Crippen LogP contribution in [0.2, 0.25) is 0 Å². The number of hydrogen-bond acceptors (Lipinski definition) is 14. The van der Waals surface area contributed by atoms with Crippen LogP contribution in [0.5, 0.6) is 34.5 Å². The molecule has 6 aliphatic heterocycles. The summed E-state index contributed by atoms with van der Waals surface area (Å²) in [5, 5.41) is 96.9. The number of carbonyl (C=O) groups is 1. The fourth-order valence-electron chi connectivity index (χ4n) is 15.5. The molecule has 1 amide bonds. The van der Waals surface area contributed by atoms with E-state index >= 15 is 0 Å². The monoisotopic (exact) mass is 1420 g/mol. The van der Waals surface area contributed by atoms with Crippen molar-refractivity contribution in [3.05, 3.63) is 245 Å². The second kappa shape index (κ2) is 34.6. The van der Waals surface area contributed by atoms with Gasteiger partial charge in [0.25, 0.3) is 0 Å². The third-order valence-electron chi connectivity index (χ3n) is 20.8. The number of aliphatic hydroxyl groups is 6. The molecule has 19 heteroatoms. The highest BCUT2D eigenvalue weighted by molar-refractivity contribution is 6.63. The van der Waals surface area contributed by atoms with Crippen molar-refractivity contribution in [2.45, 2.75) is 164 Å². The number of rotatable bonds is 12. The summed E-state index contributed by atoms with van der Waals surface area (Å²) < 4.78 is 15.2. The predicted octanol–water partition coefficient (Wildman–Crippen LogP) is 8.91. The molecule has 0 saturated heterocycles. The fourth-order valence-corrected chi connectivity index (χ4v) is 15.7. The molecule has 5 atom stereocenters. The minimum Gasteiger partial charge on any atom is -1.00 e. The van der Waals surface area contributed by atoms with E-state index in [2.05, 4.69) is 64.3 Å². The lowest BCUT2D eigenvalue weighted by Crippen LogP contribution is -3.00. The lowest BCUT2D eigenvalue weighted by atomic mass is 9.80. The first-order chi connectivity index (χ1) is 47.3. The highest BCUT2D eigenvalue weighted by Gasteiger charge is 2.40. The Bertz CT molecular complexity index is 4340. The molecule has 0 aliphatic carbocycles. The Balaban J connectivity index is 0.000000169. The third kappa shape index (κ3) is 16.8. The van der Waals surface area contributed by atoms with Gasteiger partial charge in [0.15, 0.2) is 40.8 Å². The van der Waals surface area contributed by atoms with E-state index < -0.39 is 0 Å². The van der Waals surface area contributed by atoms with E-state index in [4.69, 9.17) is 21.1 Å². The Labute approximate surface area is 605 Å². The summed E-state index contributed by atoms with van der Waals surface area (Å²) in [5.41, 5.74) is 22.7. The molecule has 0 spiro atoms. The summed E-state index contributed by atoms with van der Waals surface area (Å²) >= 11 is 6.34. The number of aromatic hydroxyl groups is 4. The molecule has 538 valence electrons. The number of carbonyl (C=O) groups excluding carboxylic acids is 1. The fraction of sp³-hybridized carbons (Fsp3) is 0.378. The van der Waals surface area contributed by atoms with Crippen LogP contribution in [0.15, 0.2) is 133 Å². The molecular formula is C82H99Cl2N4O13+. The van der Waals surface area contributed by atoms with Crippen molar-refractivity contribution in [1.82, 2.24) is 9.80 Å². The van der Waals surface area contributed by atoms with Gasteiger partial charge in [0.05, 0.1) is 59.9 Å². The van der Waals surface area contributed by atoms with Gasteiger partial charge in [-0.25, -0.2) is 9.15 Å². The van der Waals surface area contributed by atoms with Gasteiger partial charge < -0.3 is 77.8 Å². The van der Waals surface area contributed by atoms with Gasteiger partial charge in [-0.3, -0.25) is 9.69 Å². The smallest absolute Gasteiger partial charge is 0.242 e. The van der Waals surface area contributed by atoms with E-state index in [9.17, 15) is 55.9 Å². The van der Waals surface area contributed by atoms with E-state index in [1.54, 1.807) is 45.4 Å². The maximum atomic E-state index is 12.1. The predicted molar refractivity (Wildman–Crippen MR) is 390 cm³/mol. The first-order valence-electron chi connectivity index (χ1n) is 33.7. The Hall–Kier alpha value is -8.33. The Morgan fingerprint density at radius 1 is 0.505 bits per heavy atom. The molecule has 0 aromatic heterocycles. The van der Waals surface area contributed by atoms with Crippen LogP contribution in [0.3, 0.4) is 0 Å². The number of nitrogens with zero attached hydrogens (tertiary/aromatic N) is 4. The number of hydrogen-bond donors (Lipinski definition) is 10. The zero-order chi connectivity index (χ0) is 69.6. The van der Waals surface area contributed by atoms with Crippen molar-refractivity contribution in [3.63, 3.8) is 0 Å². The standard InChI is InChI=1S/C20H22ClNO3.C20H23NO4.C20H23NO3.C20H21NO3.2CH4.ClH/c1-13(21)22-7-6-16-8-15(11-23)3-5-18(16)19(22)9-14-2-4-17(12-24)20(25)10-14;1-13(24)21-7-6-16-8-15(11-22)3-5-18(16)19(21)9-14-2-4-17(12-23)20(25)10-14;2*1-12-17-10-20(24-2)19(23)9-15(17)8-18-16-4-3-13(11-22)7-14(16)5-6-21(12)18;;;/h2-5,8,10,19,23-24H,6-7,9,11-12H2,1H3;2-5,8,10,19,22-23,25H,6-7,9,11-12H2,1H3;3-4,7,9-10,12,18,22-23H,5-6,8,11H2,1-2H3;3-4,7,9-10,18,22H,5-6,8,11H2,1-2H3;2*1H4;1H/p+1. The molecule has 14 rings (SSSR count). The van der Waals surface area contributed by atoms with Gasteiger partial charge in [0.2, 0.25) is 11.1 Å². The van der Waals surface area contributed by atoms with Gasteiger partial charge in [-0.1, -0.05) is 112 Å². The molecule has 17 nitrogen and oxygen atoms in total. The average Bonchev–Trinajstić information content (AvgIpc) is 0.755. The zero-order valence-electron chi connectivity index (χ0n) is 57.1.